The number of aliphatic hydroxyl groups excluding tert-OH is 2. The van der Waals surface area contributed by atoms with Crippen LogP contribution in [-0.2, 0) is 25.5 Å². The van der Waals surface area contributed by atoms with Crippen molar-refractivity contribution in [3.05, 3.63) is 48.6 Å². The molecule has 0 radical (unpaired) electrons. The molecule has 1 spiro atoms. The summed E-state index contributed by atoms with van der Waals surface area (Å²) in [6, 6.07) is 8.59. The van der Waals surface area contributed by atoms with Crippen LogP contribution in [0.25, 0.3) is 0 Å². The van der Waals surface area contributed by atoms with Crippen LogP contribution in [0.15, 0.2) is 43.0 Å². The number of methoxy groups -OCH3 is 1. The molecule has 1 aromatic rings. The van der Waals surface area contributed by atoms with Gasteiger partial charge in [-0.2, -0.15) is 0 Å². The van der Waals surface area contributed by atoms with Gasteiger partial charge in [-0.25, -0.2) is 0 Å². The minimum atomic E-state index is -0.852. The van der Waals surface area contributed by atoms with E-state index in [1.54, 1.807) is 21.8 Å². The molecule has 3 amide bonds. The van der Waals surface area contributed by atoms with Crippen molar-refractivity contribution in [2.45, 2.75) is 49.4 Å². The van der Waals surface area contributed by atoms with Gasteiger partial charge in [-0.3, -0.25) is 14.4 Å². The number of nitrogens with zero attached hydrogens (tertiary/aromatic N) is 3. The zero-order valence-electron chi connectivity index (χ0n) is 19.9. The zero-order chi connectivity index (χ0) is 24.9. The number of rotatable bonds is 7. The summed E-state index contributed by atoms with van der Waals surface area (Å²) in [6.45, 7) is 4.47. The maximum absolute atomic E-state index is 13.8. The van der Waals surface area contributed by atoms with E-state index in [-0.39, 0.29) is 43.0 Å². The Labute approximate surface area is 200 Å². The van der Waals surface area contributed by atoms with E-state index < -0.39 is 11.6 Å². The van der Waals surface area contributed by atoms with Crippen LogP contribution >= 0.6 is 0 Å². The molecule has 1 aliphatic carbocycles. The average molecular weight is 474 g/mol. The molecule has 2 N–H and O–H groups in total. The maximum atomic E-state index is 13.8. The molecule has 3 atom stereocenters. The van der Waals surface area contributed by atoms with Crippen molar-refractivity contribution in [3.8, 4) is 0 Å². The quantitative estimate of drug-likeness (QED) is 0.548. The Balaban J connectivity index is 0.00000158. The number of likely N-dealkylation sites (tertiary alicyclic amines) is 1. The Bertz CT molecular complexity index is 888. The smallest absolute Gasteiger partial charge is 0.249 e. The third-order valence-electron chi connectivity index (χ3n) is 7.04. The van der Waals surface area contributed by atoms with Crippen LogP contribution in [0.2, 0.25) is 0 Å². The van der Waals surface area contributed by atoms with Gasteiger partial charge in [0.1, 0.15) is 11.6 Å². The average Bonchev–Trinajstić information content (AvgIpc) is 3.55. The first-order valence-corrected chi connectivity index (χ1v) is 11.6. The number of benzene rings is 1. The second-order valence-electron chi connectivity index (χ2n) is 8.85. The normalized spacial score (nSPS) is 23.9. The van der Waals surface area contributed by atoms with Gasteiger partial charge >= 0.3 is 0 Å². The minimum Gasteiger partial charge on any atom is -0.400 e. The highest BCUT2D eigenvalue weighted by Gasteiger charge is 2.61. The largest absolute Gasteiger partial charge is 0.400 e. The van der Waals surface area contributed by atoms with Gasteiger partial charge in [-0.15, -0.1) is 0 Å². The maximum Gasteiger partial charge on any atom is 0.249 e. The number of piperazine rings is 1. The predicted molar refractivity (Wildman–Crippen MR) is 126 cm³/mol. The first-order valence-electron chi connectivity index (χ1n) is 11.6. The number of carbonyl (C=O) groups is 3. The van der Waals surface area contributed by atoms with E-state index in [2.05, 4.69) is 6.58 Å². The van der Waals surface area contributed by atoms with Crippen LogP contribution in [0, 0.1) is 0 Å². The molecule has 1 aromatic carbocycles. The minimum absolute atomic E-state index is 0.138. The van der Waals surface area contributed by atoms with Crippen molar-refractivity contribution < 1.29 is 29.3 Å². The zero-order valence-corrected chi connectivity index (χ0v) is 19.9. The molecule has 9 nitrogen and oxygen atoms in total. The lowest BCUT2D eigenvalue weighted by Gasteiger charge is -2.44. The molecular weight excluding hydrogens is 438 g/mol. The summed E-state index contributed by atoms with van der Waals surface area (Å²) in [5.41, 5.74) is 0.103. The molecule has 34 heavy (non-hydrogen) atoms. The summed E-state index contributed by atoms with van der Waals surface area (Å²) in [4.78, 5) is 44.7. The molecule has 9 heteroatoms. The molecule has 2 heterocycles. The number of ether oxygens (including phenoxy) is 1. The molecule has 0 unspecified atom stereocenters. The third kappa shape index (κ3) is 4.87. The van der Waals surface area contributed by atoms with Crippen LogP contribution in [0.5, 0.6) is 0 Å². The van der Waals surface area contributed by atoms with Gasteiger partial charge in [0.2, 0.25) is 17.7 Å². The van der Waals surface area contributed by atoms with Crippen LogP contribution in [0.3, 0.4) is 0 Å². The Morgan fingerprint density at radius 1 is 1.24 bits per heavy atom. The monoisotopic (exact) mass is 473 g/mol. The van der Waals surface area contributed by atoms with Gasteiger partial charge in [-0.1, -0.05) is 36.9 Å². The molecule has 3 fully saturated rings. The molecule has 186 valence electrons. The molecule has 0 bridgehead atoms. The lowest BCUT2D eigenvalue weighted by atomic mass is 9.99. The van der Waals surface area contributed by atoms with Crippen LogP contribution < -0.4 is 0 Å². The molecule has 3 aliphatic rings. The lowest BCUT2D eigenvalue weighted by molar-refractivity contribution is -0.158. The van der Waals surface area contributed by atoms with Gasteiger partial charge < -0.3 is 29.6 Å². The topological polar surface area (TPSA) is 111 Å². The van der Waals surface area contributed by atoms with Gasteiger partial charge in [0.15, 0.2) is 0 Å². The summed E-state index contributed by atoms with van der Waals surface area (Å²) >= 11 is 0. The highest BCUT2D eigenvalue weighted by Crippen LogP contribution is 2.46. The van der Waals surface area contributed by atoms with Crippen LogP contribution in [0.4, 0.5) is 0 Å². The third-order valence-corrected chi connectivity index (χ3v) is 7.04. The van der Waals surface area contributed by atoms with E-state index in [1.807, 2.05) is 30.3 Å². The number of amides is 3. The van der Waals surface area contributed by atoms with E-state index in [9.17, 15) is 19.5 Å². The summed E-state index contributed by atoms with van der Waals surface area (Å²) in [5.74, 6) is -0.597. The van der Waals surface area contributed by atoms with Crippen molar-refractivity contribution in [2.75, 3.05) is 40.5 Å². The summed E-state index contributed by atoms with van der Waals surface area (Å²) in [6.07, 6.45) is 3.25. The second-order valence-corrected chi connectivity index (χ2v) is 8.85. The van der Waals surface area contributed by atoms with Gasteiger partial charge in [0, 0.05) is 40.3 Å². The number of hydrogen-bond acceptors (Lipinski definition) is 6. The first kappa shape index (κ1) is 25.9. The lowest BCUT2D eigenvalue weighted by Crippen LogP contribution is -2.65. The fourth-order valence-corrected chi connectivity index (χ4v) is 5.08. The molecule has 1 saturated carbocycles. The van der Waals surface area contributed by atoms with E-state index in [4.69, 9.17) is 9.84 Å². The van der Waals surface area contributed by atoms with Crippen LogP contribution in [0.1, 0.15) is 24.8 Å². The Kier molecular flexibility index (Phi) is 8.46. The van der Waals surface area contributed by atoms with Crippen molar-refractivity contribution in [1.29, 1.82) is 0 Å². The van der Waals surface area contributed by atoms with E-state index >= 15 is 0 Å². The molecule has 2 aliphatic heterocycles. The highest BCUT2D eigenvalue weighted by molar-refractivity contribution is 6.00. The number of aliphatic hydroxyl groups is 2. The molecular formula is C25H35N3O6. The van der Waals surface area contributed by atoms with Crippen molar-refractivity contribution >= 4 is 17.7 Å². The number of hydrogen-bond donors (Lipinski definition) is 2. The fraction of sp³-hybridized carbons (Fsp3) is 0.560. The number of carbonyl (C=O) groups excluding carboxylic acids is 3. The van der Waals surface area contributed by atoms with Crippen molar-refractivity contribution in [1.82, 2.24) is 14.7 Å². The summed E-state index contributed by atoms with van der Waals surface area (Å²) in [5, 5.41) is 16.9. The van der Waals surface area contributed by atoms with Gasteiger partial charge in [-0.05, 0) is 30.9 Å². The van der Waals surface area contributed by atoms with Crippen LogP contribution in [-0.4, -0.2) is 107 Å². The predicted octanol–water partition coefficient (Wildman–Crippen LogP) is 0.204. The molecule has 2 saturated heterocycles. The Morgan fingerprint density at radius 3 is 2.47 bits per heavy atom. The Morgan fingerprint density at radius 2 is 1.91 bits per heavy atom. The highest BCUT2D eigenvalue weighted by atomic mass is 16.5. The summed E-state index contributed by atoms with van der Waals surface area (Å²) < 4.78 is 5.45. The summed E-state index contributed by atoms with van der Waals surface area (Å²) in [7, 11) is 2.60. The fourth-order valence-electron chi connectivity index (χ4n) is 5.08. The van der Waals surface area contributed by atoms with Crippen molar-refractivity contribution in [3.63, 3.8) is 0 Å². The van der Waals surface area contributed by atoms with Gasteiger partial charge in [0.25, 0.3) is 0 Å². The first-order chi connectivity index (χ1) is 16.4. The van der Waals surface area contributed by atoms with Gasteiger partial charge in [0.05, 0.1) is 18.8 Å². The van der Waals surface area contributed by atoms with E-state index in [0.717, 1.165) is 12.7 Å². The van der Waals surface area contributed by atoms with E-state index in [0.29, 0.717) is 38.8 Å². The molecule has 0 aromatic heterocycles. The Hall–Kier alpha value is -2.75. The second kappa shape index (κ2) is 11.1. The SMILES string of the molecule is C=CC(=O)N1CCN([C@@H](Cc2ccccc2)C(=O)N2C[C@H](OC)C[C@H]2CO)C(=O)C12CC2.CO. The standard InChI is InChI=1S/C24H31N3O5.CH4O/c1-3-21(29)27-12-11-25(23(31)24(27)9-10-24)20(13-17-7-5-4-6-8-17)22(30)26-15-19(32-2)14-18(26)16-28;1-2/h3-8,18-20,28H,1,9-16H2,2H3;2H,1H3/t18-,19+,20-;/m0./s1. The van der Waals surface area contributed by atoms with Crippen molar-refractivity contribution in [2.24, 2.45) is 0 Å². The van der Waals surface area contributed by atoms with E-state index in [1.165, 1.54) is 6.08 Å². The molecule has 4 rings (SSSR count).